The Morgan fingerprint density at radius 2 is 2.00 bits per heavy atom. The first-order valence-corrected chi connectivity index (χ1v) is 6.08. The number of carbonyl (C=O) groups excluding carboxylic acids is 1. The van der Waals surface area contributed by atoms with Crippen molar-refractivity contribution in [3.05, 3.63) is 35.4 Å². The van der Waals surface area contributed by atoms with E-state index in [-0.39, 0.29) is 18.0 Å². The van der Waals surface area contributed by atoms with E-state index < -0.39 is 0 Å². The molecule has 0 saturated carbocycles. The zero-order valence-corrected chi connectivity index (χ0v) is 11.1. The van der Waals surface area contributed by atoms with Crippen molar-refractivity contribution >= 4 is 5.91 Å². The molecule has 2 N–H and O–H groups in total. The van der Waals surface area contributed by atoms with Crippen LogP contribution in [0.5, 0.6) is 0 Å². The predicted molar refractivity (Wildman–Crippen MR) is 70.9 cm³/mol. The zero-order chi connectivity index (χ0) is 12.8. The fraction of sp³-hybridized carbons (Fsp3) is 0.500. The Morgan fingerprint density at radius 3 is 2.59 bits per heavy atom. The number of benzene rings is 1. The number of carbonyl (C=O) groups is 1. The standard InChI is InChI=1S/C14H22N2O/c1-10(2)16-14(17)9-15-12(4)13-7-5-6-11(3)8-13/h5-8,10,12,15H,9H2,1-4H3,(H,16,17)/t12-/m0/s1. The van der Waals surface area contributed by atoms with Crippen LogP contribution in [0.4, 0.5) is 0 Å². The molecule has 1 amide bonds. The number of hydrogen-bond acceptors (Lipinski definition) is 2. The van der Waals surface area contributed by atoms with Gasteiger partial charge in [-0.05, 0) is 33.3 Å². The van der Waals surface area contributed by atoms with Crippen molar-refractivity contribution in [1.82, 2.24) is 10.6 Å². The molecule has 0 aromatic heterocycles. The van der Waals surface area contributed by atoms with Crippen LogP contribution in [0.2, 0.25) is 0 Å². The van der Waals surface area contributed by atoms with Crippen LogP contribution >= 0.6 is 0 Å². The Hall–Kier alpha value is -1.35. The van der Waals surface area contributed by atoms with Gasteiger partial charge in [0.15, 0.2) is 0 Å². The fourth-order valence-corrected chi connectivity index (χ4v) is 1.68. The minimum atomic E-state index is 0.0412. The van der Waals surface area contributed by atoms with E-state index in [2.05, 4.69) is 42.7 Å². The smallest absolute Gasteiger partial charge is 0.234 e. The van der Waals surface area contributed by atoms with Crippen LogP contribution in [0.3, 0.4) is 0 Å². The molecule has 94 valence electrons. The highest BCUT2D eigenvalue weighted by atomic mass is 16.1. The summed E-state index contributed by atoms with van der Waals surface area (Å²) in [7, 11) is 0. The molecule has 0 bridgehead atoms. The monoisotopic (exact) mass is 234 g/mol. The van der Waals surface area contributed by atoms with Gasteiger partial charge in [-0.15, -0.1) is 0 Å². The molecule has 0 heterocycles. The summed E-state index contributed by atoms with van der Waals surface area (Å²) in [5.41, 5.74) is 2.45. The molecule has 0 aliphatic rings. The summed E-state index contributed by atoms with van der Waals surface area (Å²) in [6.45, 7) is 8.41. The maximum atomic E-state index is 11.5. The van der Waals surface area contributed by atoms with Crippen molar-refractivity contribution in [2.45, 2.75) is 39.8 Å². The molecule has 0 spiro atoms. The largest absolute Gasteiger partial charge is 0.353 e. The van der Waals surface area contributed by atoms with E-state index in [0.29, 0.717) is 6.54 Å². The summed E-state index contributed by atoms with van der Waals surface area (Å²) in [6, 6.07) is 8.70. The van der Waals surface area contributed by atoms with Crippen molar-refractivity contribution in [2.24, 2.45) is 0 Å². The van der Waals surface area contributed by atoms with Gasteiger partial charge in [0.2, 0.25) is 5.91 Å². The van der Waals surface area contributed by atoms with E-state index in [4.69, 9.17) is 0 Å². The Balaban J connectivity index is 2.44. The molecule has 17 heavy (non-hydrogen) atoms. The van der Waals surface area contributed by atoms with E-state index >= 15 is 0 Å². The lowest BCUT2D eigenvalue weighted by Crippen LogP contribution is -2.38. The molecule has 0 fully saturated rings. The highest BCUT2D eigenvalue weighted by Crippen LogP contribution is 2.13. The molecule has 0 saturated heterocycles. The Morgan fingerprint density at radius 1 is 1.29 bits per heavy atom. The summed E-state index contributed by atoms with van der Waals surface area (Å²) in [5.74, 6) is 0.0412. The summed E-state index contributed by atoms with van der Waals surface area (Å²) >= 11 is 0. The van der Waals surface area contributed by atoms with Crippen LogP contribution in [0.1, 0.15) is 37.9 Å². The van der Waals surface area contributed by atoms with Gasteiger partial charge < -0.3 is 10.6 Å². The van der Waals surface area contributed by atoms with Crippen LogP contribution < -0.4 is 10.6 Å². The van der Waals surface area contributed by atoms with Gasteiger partial charge in [0.1, 0.15) is 0 Å². The third kappa shape index (κ3) is 5.00. The van der Waals surface area contributed by atoms with Crippen molar-refractivity contribution in [2.75, 3.05) is 6.54 Å². The molecule has 0 aliphatic carbocycles. The second kappa shape index (κ2) is 6.40. The molecule has 1 aromatic carbocycles. The summed E-state index contributed by atoms with van der Waals surface area (Å²) < 4.78 is 0. The van der Waals surface area contributed by atoms with Crippen LogP contribution in [0, 0.1) is 6.92 Å². The first kappa shape index (κ1) is 13.7. The first-order valence-electron chi connectivity index (χ1n) is 6.08. The molecule has 0 unspecified atom stereocenters. The van der Waals surface area contributed by atoms with Crippen LogP contribution in [0.25, 0.3) is 0 Å². The lowest BCUT2D eigenvalue weighted by Gasteiger charge is -2.15. The Kier molecular flexibility index (Phi) is 5.16. The number of amides is 1. The number of hydrogen-bond donors (Lipinski definition) is 2. The average molecular weight is 234 g/mol. The van der Waals surface area contributed by atoms with Crippen LogP contribution in [-0.4, -0.2) is 18.5 Å². The molecular weight excluding hydrogens is 212 g/mol. The maximum absolute atomic E-state index is 11.5. The molecule has 1 atom stereocenters. The maximum Gasteiger partial charge on any atom is 0.234 e. The average Bonchev–Trinajstić information content (AvgIpc) is 2.25. The van der Waals surface area contributed by atoms with E-state index in [1.165, 1.54) is 11.1 Å². The highest BCUT2D eigenvalue weighted by molar-refractivity contribution is 5.78. The molecule has 0 aliphatic heterocycles. The molecule has 1 rings (SSSR count). The minimum absolute atomic E-state index is 0.0412. The van der Waals surface area contributed by atoms with E-state index in [9.17, 15) is 4.79 Å². The van der Waals surface area contributed by atoms with Crippen LogP contribution in [-0.2, 0) is 4.79 Å². The van der Waals surface area contributed by atoms with Gasteiger partial charge in [-0.2, -0.15) is 0 Å². The lowest BCUT2D eigenvalue weighted by molar-refractivity contribution is -0.120. The zero-order valence-electron chi connectivity index (χ0n) is 11.1. The molecule has 1 aromatic rings. The molecule has 3 nitrogen and oxygen atoms in total. The predicted octanol–water partition coefficient (Wildman–Crippen LogP) is 2.17. The molecule has 3 heteroatoms. The second-order valence-electron chi connectivity index (χ2n) is 4.74. The number of aryl methyl sites for hydroxylation is 1. The van der Waals surface area contributed by atoms with E-state index in [1.807, 2.05) is 19.9 Å². The lowest BCUT2D eigenvalue weighted by atomic mass is 10.1. The first-order chi connectivity index (χ1) is 7.99. The Bertz CT molecular complexity index is 374. The van der Waals surface area contributed by atoms with Gasteiger partial charge in [-0.1, -0.05) is 29.8 Å². The summed E-state index contributed by atoms with van der Waals surface area (Å²) in [6.07, 6.45) is 0. The van der Waals surface area contributed by atoms with Gasteiger partial charge in [0.25, 0.3) is 0 Å². The van der Waals surface area contributed by atoms with Gasteiger partial charge >= 0.3 is 0 Å². The molecular formula is C14H22N2O. The number of nitrogens with one attached hydrogen (secondary N) is 2. The van der Waals surface area contributed by atoms with Gasteiger partial charge in [-0.3, -0.25) is 4.79 Å². The third-order valence-electron chi connectivity index (χ3n) is 2.56. The van der Waals surface area contributed by atoms with Gasteiger partial charge in [0, 0.05) is 12.1 Å². The topological polar surface area (TPSA) is 41.1 Å². The van der Waals surface area contributed by atoms with Gasteiger partial charge in [0.05, 0.1) is 6.54 Å². The second-order valence-corrected chi connectivity index (χ2v) is 4.74. The summed E-state index contributed by atoms with van der Waals surface area (Å²) in [5, 5.41) is 6.08. The normalized spacial score (nSPS) is 12.5. The van der Waals surface area contributed by atoms with E-state index in [1.54, 1.807) is 0 Å². The van der Waals surface area contributed by atoms with Crippen LogP contribution in [0.15, 0.2) is 24.3 Å². The quantitative estimate of drug-likeness (QED) is 0.820. The minimum Gasteiger partial charge on any atom is -0.353 e. The van der Waals surface area contributed by atoms with E-state index in [0.717, 1.165) is 0 Å². The summed E-state index contributed by atoms with van der Waals surface area (Å²) in [4.78, 5) is 11.5. The van der Waals surface area contributed by atoms with Crippen molar-refractivity contribution in [3.8, 4) is 0 Å². The van der Waals surface area contributed by atoms with Crippen molar-refractivity contribution in [3.63, 3.8) is 0 Å². The van der Waals surface area contributed by atoms with Gasteiger partial charge in [-0.25, -0.2) is 0 Å². The SMILES string of the molecule is Cc1cccc([C@H](C)NCC(=O)NC(C)C)c1. The Labute approximate surface area is 104 Å². The highest BCUT2D eigenvalue weighted by Gasteiger charge is 2.08. The van der Waals surface area contributed by atoms with Crippen molar-refractivity contribution in [1.29, 1.82) is 0 Å². The van der Waals surface area contributed by atoms with Crippen molar-refractivity contribution < 1.29 is 4.79 Å². The fourth-order valence-electron chi connectivity index (χ4n) is 1.68. The number of rotatable bonds is 5. The molecule has 0 radical (unpaired) electrons. The third-order valence-corrected chi connectivity index (χ3v) is 2.56.